The topological polar surface area (TPSA) is 41.1 Å². The van der Waals surface area contributed by atoms with Gasteiger partial charge < -0.3 is 5.11 Å². The second kappa shape index (κ2) is 4.23. The average molecular weight is 260 g/mol. The van der Waals surface area contributed by atoms with Crippen LogP contribution in [-0.2, 0) is 13.1 Å². The van der Waals surface area contributed by atoms with Crippen LogP contribution in [0.2, 0.25) is 0 Å². The molecule has 2 N–H and O–H groups in total. The van der Waals surface area contributed by atoms with Gasteiger partial charge in [0.05, 0.1) is 19.2 Å². The standard InChI is InChI=1S/C15H21N3O/c1-15(2,3)13(19)10-18-12-7-5-4-6-11(12)17-9-8-16-14(17)18/h4-7,13,19H,8-10H2,1-3H3/p+1. The Balaban J connectivity index is 2.08. The molecule has 1 aromatic carbocycles. The van der Waals surface area contributed by atoms with Gasteiger partial charge in [0, 0.05) is 0 Å². The summed E-state index contributed by atoms with van der Waals surface area (Å²) in [7, 11) is 0. The van der Waals surface area contributed by atoms with E-state index >= 15 is 0 Å². The fourth-order valence-corrected chi connectivity index (χ4v) is 2.62. The molecule has 102 valence electrons. The van der Waals surface area contributed by atoms with Crippen LogP contribution in [0.1, 0.15) is 20.8 Å². The Bertz CT molecular complexity index is 610. The van der Waals surface area contributed by atoms with Gasteiger partial charge in [-0.15, -0.1) is 0 Å². The lowest BCUT2D eigenvalue weighted by molar-refractivity contribution is -0.644. The number of nitrogens with zero attached hydrogens (tertiary/aromatic N) is 2. The molecule has 0 radical (unpaired) electrons. The number of hydrogen-bond donors (Lipinski definition) is 2. The molecule has 0 aliphatic carbocycles. The molecule has 3 rings (SSSR count). The largest absolute Gasteiger partial charge is 0.389 e. The molecule has 2 aromatic rings. The number of rotatable bonds is 2. The number of para-hydroxylation sites is 2. The first kappa shape index (κ1) is 12.5. The van der Waals surface area contributed by atoms with Crippen molar-refractivity contribution in [2.45, 2.75) is 40.0 Å². The number of aliphatic hydroxyl groups excluding tert-OH is 1. The highest BCUT2D eigenvalue weighted by molar-refractivity contribution is 5.74. The lowest BCUT2D eigenvalue weighted by Crippen LogP contribution is -2.32. The summed E-state index contributed by atoms with van der Waals surface area (Å²) in [5.74, 6) is 1.12. The lowest BCUT2D eigenvalue weighted by atomic mass is 9.89. The Morgan fingerprint density at radius 3 is 2.84 bits per heavy atom. The fraction of sp³-hybridized carbons (Fsp3) is 0.533. The molecule has 4 nitrogen and oxygen atoms in total. The lowest BCUT2D eigenvalue weighted by Gasteiger charge is -2.25. The minimum absolute atomic E-state index is 0.110. The number of benzene rings is 1. The van der Waals surface area contributed by atoms with Crippen molar-refractivity contribution in [1.82, 2.24) is 4.57 Å². The molecule has 0 spiro atoms. The molecular weight excluding hydrogens is 238 g/mol. The zero-order chi connectivity index (χ0) is 13.6. The monoisotopic (exact) mass is 260 g/mol. The highest BCUT2D eigenvalue weighted by Crippen LogP contribution is 2.25. The summed E-state index contributed by atoms with van der Waals surface area (Å²) in [6.07, 6.45) is -0.365. The SMILES string of the molecule is CC(C)(C)C(O)Cn1c2[n+](c3ccccc31)CCN2. The Hall–Kier alpha value is -1.55. The van der Waals surface area contributed by atoms with E-state index in [9.17, 15) is 5.11 Å². The molecule has 19 heavy (non-hydrogen) atoms. The van der Waals surface area contributed by atoms with Gasteiger partial charge in [-0.2, -0.15) is 0 Å². The molecule has 1 atom stereocenters. The first-order chi connectivity index (χ1) is 8.98. The van der Waals surface area contributed by atoms with Crippen LogP contribution in [0, 0.1) is 5.41 Å². The summed E-state index contributed by atoms with van der Waals surface area (Å²) < 4.78 is 4.50. The molecule has 1 aromatic heterocycles. The third kappa shape index (κ3) is 2.00. The zero-order valence-electron chi connectivity index (χ0n) is 11.8. The summed E-state index contributed by atoms with van der Waals surface area (Å²) in [5, 5.41) is 13.8. The zero-order valence-corrected chi connectivity index (χ0v) is 11.8. The van der Waals surface area contributed by atoms with Crippen molar-refractivity contribution in [3.05, 3.63) is 24.3 Å². The Labute approximate surface area is 113 Å². The van der Waals surface area contributed by atoms with Crippen LogP contribution in [0.25, 0.3) is 11.0 Å². The Morgan fingerprint density at radius 2 is 2.11 bits per heavy atom. The van der Waals surface area contributed by atoms with Gasteiger partial charge in [-0.3, -0.25) is 5.32 Å². The summed E-state index contributed by atoms with van der Waals surface area (Å²) in [4.78, 5) is 0. The minimum atomic E-state index is -0.365. The van der Waals surface area contributed by atoms with Gasteiger partial charge in [0.2, 0.25) is 0 Å². The molecule has 0 amide bonds. The van der Waals surface area contributed by atoms with Crippen molar-refractivity contribution in [2.24, 2.45) is 5.41 Å². The van der Waals surface area contributed by atoms with E-state index in [4.69, 9.17) is 0 Å². The molecular formula is C15H22N3O+. The van der Waals surface area contributed by atoms with E-state index < -0.39 is 0 Å². The fourth-order valence-electron chi connectivity index (χ4n) is 2.62. The highest BCUT2D eigenvalue weighted by atomic mass is 16.3. The van der Waals surface area contributed by atoms with E-state index in [1.165, 1.54) is 11.0 Å². The van der Waals surface area contributed by atoms with E-state index in [2.05, 4.69) is 59.5 Å². The molecule has 1 unspecified atom stereocenters. The van der Waals surface area contributed by atoms with Gasteiger partial charge in [0.15, 0.2) is 0 Å². The molecule has 0 saturated heterocycles. The van der Waals surface area contributed by atoms with Crippen LogP contribution in [0.5, 0.6) is 0 Å². The van der Waals surface area contributed by atoms with Crippen molar-refractivity contribution >= 4 is 17.0 Å². The number of fused-ring (bicyclic) bond motifs is 3. The van der Waals surface area contributed by atoms with Gasteiger partial charge in [-0.05, 0) is 17.5 Å². The summed E-state index contributed by atoms with van der Waals surface area (Å²) in [6.45, 7) is 8.80. The maximum absolute atomic E-state index is 10.4. The molecule has 0 bridgehead atoms. The first-order valence-electron chi connectivity index (χ1n) is 6.91. The third-order valence-corrected chi connectivity index (χ3v) is 3.95. The van der Waals surface area contributed by atoms with Gasteiger partial charge in [-0.1, -0.05) is 32.9 Å². The molecule has 1 aliphatic rings. The number of aromatic nitrogens is 2. The molecule has 4 heteroatoms. The van der Waals surface area contributed by atoms with Crippen molar-refractivity contribution in [2.75, 3.05) is 11.9 Å². The van der Waals surface area contributed by atoms with Gasteiger partial charge >= 0.3 is 5.95 Å². The quantitative estimate of drug-likeness (QED) is 0.808. The van der Waals surface area contributed by atoms with E-state index in [1.807, 2.05) is 0 Å². The van der Waals surface area contributed by atoms with E-state index in [0.717, 1.165) is 19.0 Å². The van der Waals surface area contributed by atoms with E-state index in [-0.39, 0.29) is 11.5 Å². The molecule has 2 heterocycles. The smallest absolute Gasteiger partial charge is 0.358 e. The maximum Gasteiger partial charge on any atom is 0.358 e. The average Bonchev–Trinajstić information content (AvgIpc) is 2.91. The van der Waals surface area contributed by atoms with Crippen LogP contribution >= 0.6 is 0 Å². The van der Waals surface area contributed by atoms with Gasteiger partial charge in [0.1, 0.15) is 17.6 Å². The van der Waals surface area contributed by atoms with Gasteiger partial charge in [-0.25, -0.2) is 9.13 Å². The second-order valence-electron chi connectivity index (χ2n) is 6.38. The maximum atomic E-state index is 10.4. The van der Waals surface area contributed by atoms with E-state index in [1.54, 1.807) is 0 Å². The normalized spacial score (nSPS) is 16.4. The van der Waals surface area contributed by atoms with Crippen molar-refractivity contribution < 1.29 is 9.67 Å². The number of anilines is 1. The summed E-state index contributed by atoms with van der Waals surface area (Å²) >= 11 is 0. The number of imidazole rings is 1. The number of hydrogen-bond acceptors (Lipinski definition) is 2. The predicted octanol–water partition coefficient (Wildman–Crippen LogP) is 1.76. The van der Waals surface area contributed by atoms with Crippen molar-refractivity contribution in [3.8, 4) is 0 Å². The van der Waals surface area contributed by atoms with Crippen LogP contribution < -0.4 is 9.88 Å². The van der Waals surface area contributed by atoms with Crippen molar-refractivity contribution in [1.29, 1.82) is 0 Å². The second-order valence-corrected chi connectivity index (χ2v) is 6.38. The summed E-state index contributed by atoms with van der Waals surface area (Å²) in [5.41, 5.74) is 2.32. The Morgan fingerprint density at radius 1 is 1.37 bits per heavy atom. The van der Waals surface area contributed by atoms with Crippen LogP contribution in [0.3, 0.4) is 0 Å². The van der Waals surface area contributed by atoms with Gasteiger partial charge in [0.25, 0.3) is 0 Å². The van der Waals surface area contributed by atoms with Crippen LogP contribution in [0.15, 0.2) is 24.3 Å². The third-order valence-electron chi connectivity index (χ3n) is 3.95. The number of aliphatic hydroxyl groups is 1. The predicted molar refractivity (Wildman–Crippen MR) is 76.1 cm³/mol. The number of nitrogens with one attached hydrogen (secondary N) is 1. The van der Waals surface area contributed by atoms with Crippen LogP contribution in [-0.4, -0.2) is 22.3 Å². The van der Waals surface area contributed by atoms with E-state index in [0.29, 0.717) is 6.54 Å². The molecule has 1 aliphatic heterocycles. The van der Waals surface area contributed by atoms with Crippen molar-refractivity contribution in [3.63, 3.8) is 0 Å². The Kier molecular flexibility index (Phi) is 2.78. The summed E-state index contributed by atoms with van der Waals surface area (Å²) in [6, 6.07) is 8.39. The first-order valence-corrected chi connectivity index (χ1v) is 6.91. The molecule has 0 fully saturated rings. The highest BCUT2D eigenvalue weighted by Gasteiger charge is 2.31. The van der Waals surface area contributed by atoms with Crippen LogP contribution in [0.4, 0.5) is 5.95 Å². The molecule has 0 saturated carbocycles. The minimum Gasteiger partial charge on any atom is -0.389 e.